The predicted molar refractivity (Wildman–Crippen MR) is 112 cm³/mol. The van der Waals surface area contributed by atoms with Gasteiger partial charge in [-0.15, -0.1) is 6.58 Å². The molecule has 0 saturated carbocycles. The zero-order valence-corrected chi connectivity index (χ0v) is 16.9. The number of nitrogens with zero attached hydrogens (tertiary/aromatic N) is 4. The summed E-state index contributed by atoms with van der Waals surface area (Å²) in [6.45, 7) is 7.11. The first-order valence-corrected chi connectivity index (χ1v) is 10.1. The van der Waals surface area contributed by atoms with Crippen molar-refractivity contribution in [3.8, 4) is 11.3 Å². The Labute approximate surface area is 172 Å². The van der Waals surface area contributed by atoms with Crippen LogP contribution < -0.4 is 15.1 Å². The summed E-state index contributed by atoms with van der Waals surface area (Å²) in [6.07, 6.45) is 1.08. The molecule has 2 aromatic heterocycles. The number of aromatic nitrogens is 4. The average molecular weight is 406 g/mol. The monoisotopic (exact) mass is 406 g/mol. The lowest BCUT2D eigenvalue weighted by atomic mass is 10.0. The number of anilines is 1. The van der Waals surface area contributed by atoms with Crippen molar-refractivity contribution in [3.05, 3.63) is 76.9 Å². The van der Waals surface area contributed by atoms with E-state index in [0.29, 0.717) is 33.5 Å². The van der Waals surface area contributed by atoms with Gasteiger partial charge in [0.25, 0.3) is 0 Å². The van der Waals surface area contributed by atoms with E-state index in [9.17, 15) is 9.59 Å². The molecular formula is C21H20N5O2S+. The van der Waals surface area contributed by atoms with Gasteiger partial charge in [-0.1, -0.05) is 36.0 Å². The first kappa shape index (κ1) is 19.1. The molecule has 1 atom stereocenters. The van der Waals surface area contributed by atoms with Gasteiger partial charge in [0.1, 0.15) is 5.69 Å². The van der Waals surface area contributed by atoms with E-state index in [1.54, 1.807) is 15.7 Å². The van der Waals surface area contributed by atoms with Crippen molar-refractivity contribution in [2.45, 2.75) is 25.2 Å². The smallest absolute Gasteiger partial charge is 0.291 e. The molecule has 0 bridgehead atoms. The molecule has 0 aliphatic carbocycles. The fraction of sp³-hybridized carbons (Fsp3) is 0.190. The summed E-state index contributed by atoms with van der Waals surface area (Å²) < 4.78 is 1.61. The largest absolute Gasteiger partial charge is 0.325 e. The van der Waals surface area contributed by atoms with Crippen LogP contribution in [-0.2, 0) is 4.79 Å². The van der Waals surface area contributed by atoms with Gasteiger partial charge in [0, 0.05) is 23.5 Å². The van der Waals surface area contributed by atoms with Crippen LogP contribution in [0.3, 0.4) is 0 Å². The van der Waals surface area contributed by atoms with Crippen molar-refractivity contribution in [1.29, 1.82) is 0 Å². The van der Waals surface area contributed by atoms with Crippen molar-refractivity contribution in [2.24, 2.45) is 0 Å². The van der Waals surface area contributed by atoms with Crippen molar-refractivity contribution in [2.75, 3.05) is 10.7 Å². The molecule has 146 valence electrons. The summed E-state index contributed by atoms with van der Waals surface area (Å²) in [5.41, 5.74) is 2.90. The van der Waals surface area contributed by atoms with Gasteiger partial charge in [-0.25, -0.2) is 9.88 Å². The standard InChI is InChI=1S/C21H19N5O2S/c1-4-12-29-21-23-19(28)18-15-9-5-6-11-17(15)25(14(3)27)20(26(18)24-21)16-10-7-8-13(2)22-16/h4-11,20H,1,12H2,2-3H3/p+1. The van der Waals surface area contributed by atoms with Crippen molar-refractivity contribution < 1.29 is 9.48 Å². The van der Waals surface area contributed by atoms with Gasteiger partial charge in [-0.05, 0) is 35.9 Å². The summed E-state index contributed by atoms with van der Waals surface area (Å²) in [4.78, 5) is 34.9. The third kappa shape index (κ3) is 3.36. The van der Waals surface area contributed by atoms with Gasteiger partial charge in [0.2, 0.25) is 11.1 Å². The van der Waals surface area contributed by atoms with Crippen molar-refractivity contribution in [3.63, 3.8) is 0 Å². The number of carbonyl (C=O) groups excluding carboxylic acids is 1. The molecule has 3 aromatic rings. The molecule has 1 aliphatic rings. The lowest BCUT2D eigenvalue weighted by molar-refractivity contribution is -0.763. The fourth-order valence-corrected chi connectivity index (χ4v) is 4.08. The van der Waals surface area contributed by atoms with E-state index in [4.69, 9.17) is 0 Å². The summed E-state index contributed by atoms with van der Waals surface area (Å²) in [5, 5.41) is 5.13. The minimum Gasteiger partial charge on any atom is -0.291 e. The number of H-pyrrole nitrogens is 1. The number of rotatable bonds is 4. The Morgan fingerprint density at radius 2 is 2.10 bits per heavy atom. The zero-order valence-electron chi connectivity index (χ0n) is 16.1. The van der Waals surface area contributed by atoms with Crippen molar-refractivity contribution in [1.82, 2.24) is 15.1 Å². The lowest BCUT2D eigenvalue weighted by Gasteiger charge is -2.30. The molecule has 1 N–H and O–H groups in total. The van der Waals surface area contributed by atoms with Gasteiger partial charge in [0.05, 0.1) is 11.3 Å². The highest BCUT2D eigenvalue weighted by molar-refractivity contribution is 7.99. The zero-order chi connectivity index (χ0) is 20.5. The highest BCUT2D eigenvalue weighted by atomic mass is 32.2. The second-order valence-corrected chi connectivity index (χ2v) is 7.64. The van der Waals surface area contributed by atoms with Crippen LogP contribution in [-0.4, -0.2) is 26.7 Å². The normalized spacial score (nSPS) is 14.8. The van der Waals surface area contributed by atoms with E-state index in [-0.39, 0.29) is 11.5 Å². The number of hydrogen-bond donors (Lipinski definition) is 1. The number of benzene rings is 1. The van der Waals surface area contributed by atoms with E-state index in [1.165, 1.54) is 18.7 Å². The Morgan fingerprint density at radius 1 is 1.31 bits per heavy atom. The Hall–Kier alpha value is -3.26. The molecule has 29 heavy (non-hydrogen) atoms. The molecule has 1 unspecified atom stereocenters. The SMILES string of the molecule is C=CCSc1n[n+]2c(c(=O)[nH]1)-c1ccccc1N(C(C)=O)C2c1cccc(C)n1. The number of aryl methyl sites for hydroxylation is 1. The van der Waals surface area contributed by atoms with E-state index < -0.39 is 6.17 Å². The molecule has 0 radical (unpaired) electrons. The second-order valence-electron chi connectivity index (χ2n) is 6.64. The van der Waals surface area contributed by atoms with Crippen LogP contribution in [0.2, 0.25) is 0 Å². The van der Waals surface area contributed by atoms with Crippen LogP contribution in [0.5, 0.6) is 0 Å². The Kier molecular flexibility index (Phi) is 5.02. The number of fused-ring (bicyclic) bond motifs is 3. The van der Waals surface area contributed by atoms with Crippen LogP contribution in [0.15, 0.2) is 65.1 Å². The number of thioether (sulfide) groups is 1. The fourth-order valence-electron chi connectivity index (χ4n) is 3.49. The summed E-state index contributed by atoms with van der Waals surface area (Å²) in [6, 6.07) is 13.0. The molecule has 4 rings (SSSR count). The predicted octanol–water partition coefficient (Wildman–Crippen LogP) is 2.62. The molecule has 8 heteroatoms. The van der Waals surface area contributed by atoms with Gasteiger partial charge in [-0.2, -0.15) is 0 Å². The number of amides is 1. The minimum absolute atomic E-state index is 0.161. The van der Waals surface area contributed by atoms with Crippen LogP contribution in [0.4, 0.5) is 5.69 Å². The van der Waals surface area contributed by atoms with Crippen LogP contribution in [0.1, 0.15) is 24.5 Å². The van der Waals surface area contributed by atoms with E-state index in [0.717, 1.165) is 5.69 Å². The van der Waals surface area contributed by atoms with Crippen LogP contribution >= 0.6 is 11.8 Å². The maximum absolute atomic E-state index is 13.1. The summed E-state index contributed by atoms with van der Waals surface area (Å²) >= 11 is 1.37. The maximum Gasteiger partial charge on any atom is 0.325 e. The van der Waals surface area contributed by atoms with Crippen molar-refractivity contribution >= 4 is 23.4 Å². The third-order valence-corrected chi connectivity index (χ3v) is 5.47. The third-order valence-electron chi connectivity index (χ3n) is 4.61. The van der Waals surface area contributed by atoms with E-state index in [2.05, 4.69) is 21.6 Å². The highest BCUT2D eigenvalue weighted by Gasteiger charge is 2.45. The maximum atomic E-state index is 13.1. The lowest BCUT2D eigenvalue weighted by Crippen LogP contribution is -2.60. The van der Waals surface area contributed by atoms with Gasteiger partial charge < -0.3 is 0 Å². The molecule has 0 fully saturated rings. The van der Waals surface area contributed by atoms with Gasteiger partial charge >= 0.3 is 17.4 Å². The molecule has 1 aliphatic heterocycles. The van der Waals surface area contributed by atoms with E-state index >= 15 is 0 Å². The number of aromatic amines is 1. The van der Waals surface area contributed by atoms with Gasteiger partial charge in [0.15, 0.2) is 0 Å². The second kappa shape index (κ2) is 7.63. The van der Waals surface area contributed by atoms with Crippen LogP contribution in [0, 0.1) is 6.92 Å². The average Bonchev–Trinajstić information content (AvgIpc) is 2.70. The minimum atomic E-state index is -0.664. The first-order chi connectivity index (χ1) is 14.0. The summed E-state index contributed by atoms with van der Waals surface area (Å²) in [7, 11) is 0. The summed E-state index contributed by atoms with van der Waals surface area (Å²) in [5.74, 6) is 0.439. The Morgan fingerprint density at radius 3 is 2.83 bits per heavy atom. The molecule has 1 aromatic carbocycles. The number of hydrogen-bond acceptors (Lipinski definition) is 5. The number of nitrogens with one attached hydrogen (secondary N) is 1. The molecule has 0 saturated heterocycles. The molecule has 1 amide bonds. The number of para-hydroxylation sites is 1. The molecular weight excluding hydrogens is 386 g/mol. The first-order valence-electron chi connectivity index (χ1n) is 9.14. The number of carbonyl (C=O) groups is 1. The Bertz CT molecular complexity index is 1170. The topological polar surface area (TPSA) is 82.8 Å². The van der Waals surface area contributed by atoms with Gasteiger partial charge in [-0.3, -0.25) is 14.6 Å². The quantitative estimate of drug-likeness (QED) is 0.409. The Balaban J connectivity index is 2.04. The van der Waals surface area contributed by atoms with E-state index in [1.807, 2.05) is 49.4 Å². The molecule has 3 heterocycles. The highest BCUT2D eigenvalue weighted by Crippen LogP contribution is 2.36. The molecule has 7 nitrogen and oxygen atoms in total. The molecule has 0 spiro atoms. The number of pyridine rings is 1. The van der Waals surface area contributed by atoms with Crippen LogP contribution in [0.25, 0.3) is 11.3 Å².